The number of fused-ring (bicyclic) bond motifs is 1. The van der Waals surface area contributed by atoms with Gasteiger partial charge in [0.05, 0.1) is 28.4 Å². The van der Waals surface area contributed by atoms with Crippen molar-refractivity contribution in [3.05, 3.63) is 101 Å². The molecule has 3 aromatic carbocycles. The van der Waals surface area contributed by atoms with E-state index in [0.717, 1.165) is 45.0 Å². The quantitative estimate of drug-likeness (QED) is 0.596. The van der Waals surface area contributed by atoms with Crippen LogP contribution in [-0.2, 0) is 0 Å². The van der Waals surface area contributed by atoms with Crippen molar-refractivity contribution in [2.45, 2.75) is 13.8 Å². The molecule has 27 heavy (non-hydrogen) atoms. The van der Waals surface area contributed by atoms with Gasteiger partial charge in [-0.3, -0.25) is 0 Å². The lowest BCUT2D eigenvalue weighted by Gasteiger charge is -2.08. The van der Waals surface area contributed by atoms with Crippen molar-refractivity contribution in [3.63, 3.8) is 0 Å². The van der Waals surface area contributed by atoms with Crippen LogP contribution in [0.1, 0.15) is 22.3 Å². The van der Waals surface area contributed by atoms with Gasteiger partial charge >= 0.3 is 0 Å². The molecule has 0 aliphatic carbocycles. The second kappa shape index (κ2) is 6.93. The molecule has 0 spiro atoms. The van der Waals surface area contributed by atoms with Crippen LogP contribution < -0.4 is 5.32 Å². The standard InChI is InChI=1S/C24H19N3/c1-16-9-6-7-14-21(16)26-23-19-13-8-10-17(2)22(19)27-24(23)20(15-25)18-11-4-3-5-12-18/h3-14,27H,1-2H3/b24-20-,26-23?. The largest absolute Gasteiger partial charge is 0.352 e. The number of nitrogens with one attached hydrogen (secondary N) is 1. The van der Waals surface area contributed by atoms with Gasteiger partial charge in [0.25, 0.3) is 0 Å². The maximum absolute atomic E-state index is 9.92. The molecule has 0 amide bonds. The van der Waals surface area contributed by atoms with E-state index in [1.807, 2.05) is 67.6 Å². The summed E-state index contributed by atoms with van der Waals surface area (Å²) in [6.45, 7) is 4.11. The molecule has 3 heteroatoms. The number of aryl methyl sites for hydroxylation is 2. The molecule has 4 rings (SSSR count). The number of benzene rings is 3. The highest BCUT2D eigenvalue weighted by molar-refractivity contribution is 6.26. The summed E-state index contributed by atoms with van der Waals surface area (Å²) in [6, 6.07) is 26.3. The highest BCUT2D eigenvalue weighted by Gasteiger charge is 2.27. The molecule has 1 heterocycles. The van der Waals surface area contributed by atoms with E-state index >= 15 is 0 Å². The van der Waals surface area contributed by atoms with Crippen LogP contribution in [0.2, 0.25) is 0 Å². The summed E-state index contributed by atoms with van der Waals surface area (Å²) in [7, 11) is 0. The van der Waals surface area contributed by atoms with Crippen LogP contribution in [0.5, 0.6) is 0 Å². The SMILES string of the molecule is Cc1ccccc1N=C1/C(=C(\C#N)c2ccccc2)Nc2c(C)cccc21. The predicted octanol–water partition coefficient (Wildman–Crippen LogP) is 5.78. The number of allylic oxidation sites excluding steroid dienone is 2. The highest BCUT2D eigenvalue weighted by Crippen LogP contribution is 2.36. The lowest BCUT2D eigenvalue weighted by molar-refractivity contribution is 1.39. The molecule has 3 nitrogen and oxygen atoms in total. The zero-order valence-corrected chi connectivity index (χ0v) is 15.3. The van der Waals surface area contributed by atoms with E-state index in [2.05, 4.69) is 30.4 Å². The lowest BCUT2D eigenvalue weighted by Crippen LogP contribution is -2.06. The van der Waals surface area contributed by atoms with Crippen LogP contribution >= 0.6 is 0 Å². The number of hydrogen-bond donors (Lipinski definition) is 1. The molecule has 0 unspecified atom stereocenters. The van der Waals surface area contributed by atoms with Crippen LogP contribution in [0, 0.1) is 25.2 Å². The topological polar surface area (TPSA) is 48.2 Å². The maximum Gasteiger partial charge on any atom is 0.102 e. The predicted molar refractivity (Wildman–Crippen MR) is 111 cm³/mol. The first-order valence-electron chi connectivity index (χ1n) is 8.90. The Morgan fingerprint density at radius 3 is 2.30 bits per heavy atom. The zero-order valence-electron chi connectivity index (χ0n) is 15.3. The number of nitrogens with zero attached hydrogens (tertiary/aromatic N) is 2. The van der Waals surface area contributed by atoms with Gasteiger partial charge in [0.15, 0.2) is 0 Å². The molecule has 0 aromatic heterocycles. The Labute approximate surface area is 159 Å². The third-order valence-corrected chi connectivity index (χ3v) is 4.79. The van der Waals surface area contributed by atoms with E-state index in [1.165, 1.54) is 0 Å². The van der Waals surface area contributed by atoms with Gasteiger partial charge in [-0.05, 0) is 36.6 Å². The summed E-state index contributed by atoms with van der Waals surface area (Å²) in [4.78, 5) is 4.96. The molecule has 0 saturated heterocycles. The molecule has 0 fully saturated rings. The molecule has 0 atom stereocenters. The second-order valence-electron chi connectivity index (χ2n) is 6.60. The first kappa shape index (κ1) is 16.8. The van der Waals surface area contributed by atoms with Gasteiger partial charge in [-0.15, -0.1) is 0 Å². The number of rotatable bonds is 2. The normalized spacial score (nSPS) is 15.8. The fourth-order valence-electron chi connectivity index (χ4n) is 3.33. The van der Waals surface area contributed by atoms with E-state index in [1.54, 1.807) is 0 Å². The first-order valence-corrected chi connectivity index (χ1v) is 8.90. The maximum atomic E-state index is 9.92. The van der Waals surface area contributed by atoms with E-state index < -0.39 is 0 Å². The Hall–Kier alpha value is -3.64. The summed E-state index contributed by atoms with van der Waals surface area (Å²) in [5.74, 6) is 0. The van der Waals surface area contributed by atoms with Gasteiger partial charge in [-0.25, -0.2) is 4.99 Å². The third kappa shape index (κ3) is 3.02. The summed E-state index contributed by atoms with van der Waals surface area (Å²) in [5, 5.41) is 13.4. The average molecular weight is 349 g/mol. The van der Waals surface area contributed by atoms with Gasteiger partial charge < -0.3 is 5.32 Å². The monoisotopic (exact) mass is 349 g/mol. The van der Waals surface area contributed by atoms with Gasteiger partial charge in [0.1, 0.15) is 6.07 Å². The molecule has 0 radical (unpaired) electrons. The van der Waals surface area contributed by atoms with E-state index in [-0.39, 0.29) is 0 Å². The number of hydrogen-bond acceptors (Lipinski definition) is 3. The molecule has 0 saturated carbocycles. The number of para-hydroxylation sites is 2. The Morgan fingerprint density at radius 2 is 1.56 bits per heavy atom. The second-order valence-corrected chi connectivity index (χ2v) is 6.60. The molecule has 1 aliphatic rings. The Kier molecular flexibility index (Phi) is 4.32. The minimum atomic E-state index is 0.596. The van der Waals surface area contributed by atoms with Gasteiger partial charge in [0, 0.05) is 5.56 Å². The van der Waals surface area contributed by atoms with Crippen molar-refractivity contribution in [2.24, 2.45) is 4.99 Å². The van der Waals surface area contributed by atoms with Crippen LogP contribution in [0.15, 0.2) is 83.5 Å². The average Bonchev–Trinajstić information content (AvgIpc) is 3.05. The van der Waals surface area contributed by atoms with Crippen molar-refractivity contribution in [3.8, 4) is 6.07 Å². The molecule has 0 bridgehead atoms. The number of aliphatic imine (C=N–C) groups is 1. The Morgan fingerprint density at radius 1 is 0.852 bits per heavy atom. The van der Waals surface area contributed by atoms with Crippen molar-refractivity contribution < 1.29 is 0 Å². The minimum absolute atomic E-state index is 0.596. The van der Waals surface area contributed by atoms with E-state index in [9.17, 15) is 5.26 Å². The van der Waals surface area contributed by atoms with Gasteiger partial charge in [-0.1, -0.05) is 66.7 Å². The molecule has 130 valence electrons. The fraction of sp³-hybridized carbons (Fsp3) is 0.0833. The summed E-state index contributed by atoms with van der Waals surface area (Å²) in [6.07, 6.45) is 0. The van der Waals surface area contributed by atoms with Crippen molar-refractivity contribution in [1.29, 1.82) is 5.26 Å². The smallest absolute Gasteiger partial charge is 0.102 e. The van der Waals surface area contributed by atoms with Crippen molar-refractivity contribution >= 4 is 22.7 Å². The molecule has 3 aromatic rings. The fourth-order valence-corrected chi connectivity index (χ4v) is 3.33. The van der Waals surface area contributed by atoms with Gasteiger partial charge in [0.2, 0.25) is 0 Å². The van der Waals surface area contributed by atoms with Crippen LogP contribution in [0.25, 0.3) is 5.57 Å². The number of nitriles is 1. The summed E-state index contributed by atoms with van der Waals surface area (Å²) < 4.78 is 0. The van der Waals surface area contributed by atoms with Crippen LogP contribution in [0.4, 0.5) is 11.4 Å². The molecule has 1 aliphatic heterocycles. The molecule has 1 N–H and O–H groups in total. The lowest BCUT2D eigenvalue weighted by atomic mass is 10.0. The zero-order chi connectivity index (χ0) is 18.8. The highest BCUT2D eigenvalue weighted by atomic mass is 15.0. The minimum Gasteiger partial charge on any atom is -0.352 e. The molecular weight excluding hydrogens is 330 g/mol. The Balaban J connectivity index is 1.99. The third-order valence-electron chi connectivity index (χ3n) is 4.79. The van der Waals surface area contributed by atoms with Crippen molar-refractivity contribution in [2.75, 3.05) is 5.32 Å². The number of anilines is 1. The van der Waals surface area contributed by atoms with E-state index in [0.29, 0.717) is 5.57 Å². The van der Waals surface area contributed by atoms with Gasteiger partial charge in [-0.2, -0.15) is 5.26 Å². The van der Waals surface area contributed by atoms with Crippen LogP contribution in [0.3, 0.4) is 0 Å². The van der Waals surface area contributed by atoms with Crippen LogP contribution in [-0.4, -0.2) is 5.71 Å². The summed E-state index contributed by atoms with van der Waals surface area (Å²) >= 11 is 0. The Bertz CT molecular complexity index is 1120. The van der Waals surface area contributed by atoms with Crippen molar-refractivity contribution in [1.82, 2.24) is 0 Å². The van der Waals surface area contributed by atoms with E-state index in [4.69, 9.17) is 4.99 Å². The molecular formula is C24H19N3. The summed E-state index contributed by atoms with van der Waals surface area (Å²) in [5.41, 5.74) is 8.23. The first-order chi connectivity index (χ1) is 13.2.